The van der Waals surface area contributed by atoms with Crippen molar-refractivity contribution in [3.63, 3.8) is 0 Å². The highest BCUT2D eigenvalue weighted by atomic mass is 16.5. The van der Waals surface area contributed by atoms with Crippen LogP contribution >= 0.6 is 0 Å². The molecule has 0 saturated heterocycles. The van der Waals surface area contributed by atoms with Gasteiger partial charge in [-0.1, -0.05) is 0 Å². The lowest BCUT2D eigenvalue weighted by Crippen LogP contribution is -2.14. The van der Waals surface area contributed by atoms with Crippen LogP contribution in [0.1, 0.15) is 33.2 Å². The second-order valence-electron chi connectivity index (χ2n) is 6.62. The van der Waals surface area contributed by atoms with Crippen LogP contribution in [0, 0.1) is 0 Å². The Morgan fingerprint density at radius 2 is 1.52 bits per heavy atom. The Hall–Kier alpha value is -4.00. The first-order chi connectivity index (χ1) is 15.0. The quantitative estimate of drug-likeness (QED) is 0.545. The third-order valence-corrected chi connectivity index (χ3v) is 4.50. The van der Waals surface area contributed by atoms with Crippen LogP contribution in [0.3, 0.4) is 0 Å². The Morgan fingerprint density at radius 3 is 2.13 bits per heavy atom. The number of hydrogen-bond donors (Lipinski definition) is 2. The van der Waals surface area contributed by atoms with Gasteiger partial charge in [0.15, 0.2) is 0 Å². The summed E-state index contributed by atoms with van der Waals surface area (Å²) in [6, 6.07) is 18.8. The van der Waals surface area contributed by atoms with E-state index in [4.69, 9.17) is 19.9 Å². The van der Waals surface area contributed by atoms with E-state index in [-0.39, 0.29) is 12.5 Å². The summed E-state index contributed by atoms with van der Waals surface area (Å²) in [5.74, 6) is 1.25. The monoisotopic (exact) mass is 420 g/mol. The second kappa shape index (κ2) is 10.2. The first kappa shape index (κ1) is 21.7. The minimum atomic E-state index is -0.522. The number of anilines is 1. The van der Waals surface area contributed by atoms with E-state index >= 15 is 0 Å². The molecule has 3 aromatic rings. The summed E-state index contributed by atoms with van der Waals surface area (Å²) >= 11 is 0. The van der Waals surface area contributed by atoms with E-state index in [1.165, 1.54) is 0 Å². The number of carbonyl (C=O) groups is 2. The number of ether oxygens (including phenoxy) is 3. The Kier molecular flexibility index (Phi) is 7.11. The highest BCUT2D eigenvalue weighted by Gasteiger charge is 2.12. The van der Waals surface area contributed by atoms with Crippen molar-refractivity contribution in [3.05, 3.63) is 83.4 Å². The molecule has 3 N–H and O–H groups in total. The van der Waals surface area contributed by atoms with Crippen LogP contribution < -0.4 is 25.3 Å². The molecule has 3 aromatic carbocycles. The Balaban J connectivity index is 1.74. The van der Waals surface area contributed by atoms with Gasteiger partial charge < -0.3 is 25.3 Å². The van der Waals surface area contributed by atoms with Crippen molar-refractivity contribution in [2.24, 2.45) is 5.73 Å². The predicted molar refractivity (Wildman–Crippen MR) is 118 cm³/mol. The largest absolute Gasteiger partial charge is 0.497 e. The van der Waals surface area contributed by atoms with E-state index < -0.39 is 5.91 Å². The highest BCUT2D eigenvalue weighted by molar-refractivity contribution is 6.04. The van der Waals surface area contributed by atoms with Crippen LogP contribution in [0.25, 0.3) is 0 Å². The van der Waals surface area contributed by atoms with Crippen LogP contribution in [0.2, 0.25) is 0 Å². The van der Waals surface area contributed by atoms with E-state index in [9.17, 15) is 9.59 Å². The fourth-order valence-electron chi connectivity index (χ4n) is 2.88. The maximum Gasteiger partial charge on any atom is 0.255 e. The molecule has 0 spiro atoms. The fourth-order valence-corrected chi connectivity index (χ4v) is 2.88. The SMILES string of the molecule is CCOc1ccc(C(=O)Nc2ccc(C(N)=O)cc2)cc1COc1ccc(OC)cc1. The molecular weight excluding hydrogens is 396 g/mol. The molecule has 3 rings (SSSR count). The summed E-state index contributed by atoms with van der Waals surface area (Å²) in [5.41, 5.74) is 7.37. The summed E-state index contributed by atoms with van der Waals surface area (Å²) in [7, 11) is 1.60. The van der Waals surface area contributed by atoms with E-state index in [0.717, 1.165) is 11.3 Å². The first-order valence-corrected chi connectivity index (χ1v) is 9.74. The zero-order valence-electron chi connectivity index (χ0n) is 17.4. The molecule has 160 valence electrons. The van der Waals surface area contributed by atoms with Gasteiger partial charge in [0.1, 0.15) is 23.9 Å². The molecule has 0 aliphatic heterocycles. The van der Waals surface area contributed by atoms with Crippen molar-refractivity contribution in [1.82, 2.24) is 0 Å². The molecule has 2 amide bonds. The number of nitrogens with one attached hydrogen (secondary N) is 1. The van der Waals surface area contributed by atoms with Gasteiger partial charge in [-0.15, -0.1) is 0 Å². The van der Waals surface area contributed by atoms with E-state index in [1.807, 2.05) is 31.2 Å². The minimum absolute atomic E-state index is 0.232. The van der Waals surface area contributed by atoms with Gasteiger partial charge in [0.05, 0.1) is 13.7 Å². The Morgan fingerprint density at radius 1 is 0.871 bits per heavy atom. The third kappa shape index (κ3) is 5.76. The van der Waals surface area contributed by atoms with Crippen molar-refractivity contribution in [1.29, 1.82) is 0 Å². The van der Waals surface area contributed by atoms with Gasteiger partial charge in [-0.05, 0) is 73.7 Å². The van der Waals surface area contributed by atoms with Crippen molar-refractivity contribution < 1.29 is 23.8 Å². The number of rotatable bonds is 9. The summed E-state index contributed by atoms with van der Waals surface area (Å²) in [5, 5.41) is 2.80. The second-order valence-corrected chi connectivity index (χ2v) is 6.62. The van der Waals surface area contributed by atoms with E-state index in [2.05, 4.69) is 5.32 Å². The molecule has 0 aromatic heterocycles. The van der Waals surface area contributed by atoms with E-state index in [1.54, 1.807) is 49.6 Å². The molecule has 0 aliphatic carbocycles. The maximum absolute atomic E-state index is 12.7. The van der Waals surface area contributed by atoms with Gasteiger partial charge >= 0.3 is 0 Å². The third-order valence-electron chi connectivity index (χ3n) is 4.50. The van der Waals surface area contributed by atoms with Crippen molar-refractivity contribution in [3.8, 4) is 17.2 Å². The average molecular weight is 420 g/mol. The lowest BCUT2D eigenvalue weighted by atomic mass is 10.1. The van der Waals surface area contributed by atoms with Gasteiger partial charge in [-0.25, -0.2) is 0 Å². The van der Waals surface area contributed by atoms with Gasteiger partial charge in [-0.3, -0.25) is 9.59 Å². The van der Waals surface area contributed by atoms with E-state index in [0.29, 0.717) is 34.9 Å². The number of nitrogens with two attached hydrogens (primary N) is 1. The standard InChI is InChI=1S/C24H24N2O5/c1-3-30-22-13-6-17(24(28)26-19-7-4-16(5-8-19)23(25)27)14-18(22)15-31-21-11-9-20(29-2)10-12-21/h4-14H,3,15H2,1-2H3,(H2,25,27)(H,26,28). The fraction of sp³-hybridized carbons (Fsp3) is 0.167. The van der Waals surface area contributed by atoms with Crippen molar-refractivity contribution in [2.45, 2.75) is 13.5 Å². The molecule has 0 fully saturated rings. The van der Waals surface area contributed by atoms with Crippen LogP contribution in [0.5, 0.6) is 17.2 Å². The van der Waals surface area contributed by atoms with Gasteiger partial charge in [-0.2, -0.15) is 0 Å². The van der Waals surface area contributed by atoms with Gasteiger partial charge in [0, 0.05) is 22.4 Å². The van der Waals surface area contributed by atoms with Gasteiger partial charge in [0.2, 0.25) is 5.91 Å². The first-order valence-electron chi connectivity index (χ1n) is 9.74. The topological polar surface area (TPSA) is 99.9 Å². The maximum atomic E-state index is 12.7. The summed E-state index contributed by atoms with van der Waals surface area (Å²) in [6.07, 6.45) is 0. The number of hydrogen-bond acceptors (Lipinski definition) is 5. The van der Waals surface area contributed by atoms with Crippen LogP contribution in [-0.4, -0.2) is 25.5 Å². The number of methoxy groups -OCH3 is 1. The smallest absolute Gasteiger partial charge is 0.255 e. The molecule has 0 aliphatic rings. The van der Waals surface area contributed by atoms with Crippen molar-refractivity contribution in [2.75, 3.05) is 19.0 Å². The minimum Gasteiger partial charge on any atom is -0.497 e. The molecule has 0 unspecified atom stereocenters. The molecule has 0 heterocycles. The normalized spacial score (nSPS) is 10.3. The zero-order chi connectivity index (χ0) is 22.2. The zero-order valence-corrected chi connectivity index (χ0v) is 17.4. The predicted octanol–water partition coefficient (Wildman–Crippen LogP) is 4.02. The molecule has 31 heavy (non-hydrogen) atoms. The molecular formula is C24H24N2O5. The summed E-state index contributed by atoms with van der Waals surface area (Å²) in [6.45, 7) is 2.62. The number of primary amides is 1. The van der Waals surface area contributed by atoms with Crippen LogP contribution in [-0.2, 0) is 6.61 Å². The summed E-state index contributed by atoms with van der Waals surface area (Å²) in [4.78, 5) is 23.9. The van der Waals surface area contributed by atoms with Crippen LogP contribution in [0.4, 0.5) is 5.69 Å². The molecule has 0 radical (unpaired) electrons. The number of carbonyl (C=O) groups excluding carboxylic acids is 2. The number of amides is 2. The Bertz CT molecular complexity index is 1050. The highest BCUT2D eigenvalue weighted by Crippen LogP contribution is 2.24. The molecule has 0 bridgehead atoms. The Labute approximate surface area is 180 Å². The van der Waals surface area contributed by atoms with Crippen molar-refractivity contribution >= 4 is 17.5 Å². The lowest BCUT2D eigenvalue weighted by molar-refractivity contribution is 0.0998. The summed E-state index contributed by atoms with van der Waals surface area (Å²) < 4.78 is 16.7. The number of benzene rings is 3. The molecule has 7 heteroatoms. The van der Waals surface area contributed by atoms with Gasteiger partial charge in [0.25, 0.3) is 5.91 Å². The van der Waals surface area contributed by atoms with Crippen LogP contribution in [0.15, 0.2) is 66.7 Å². The molecule has 0 saturated carbocycles. The molecule has 7 nitrogen and oxygen atoms in total. The average Bonchev–Trinajstić information content (AvgIpc) is 2.79. The molecule has 0 atom stereocenters. The lowest BCUT2D eigenvalue weighted by Gasteiger charge is -2.14.